The van der Waals surface area contributed by atoms with Crippen LogP contribution in [0.5, 0.6) is 0 Å². The van der Waals surface area contributed by atoms with Crippen LogP contribution in [0.4, 0.5) is 0 Å². The fourth-order valence-electron chi connectivity index (χ4n) is 2.85. The Kier molecular flexibility index (Phi) is 11.2. The Morgan fingerprint density at radius 1 is 1.29 bits per heavy atom. The molecule has 1 fully saturated rings. The Morgan fingerprint density at radius 2 is 2.08 bits per heavy atom. The molecule has 6 heteroatoms. The molecule has 2 rings (SSSR count). The first-order valence-electron chi connectivity index (χ1n) is 9.05. The van der Waals surface area contributed by atoms with Crippen molar-refractivity contribution < 1.29 is 4.42 Å². The van der Waals surface area contributed by atoms with Crippen LogP contribution in [-0.4, -0.2) is 43.6 Å². The predicted octanol–water partition coefficient (Wildman–Crippen LogP) is 3.46. The van der Waals surface area contributed by atoms with Gasteiger partial charge in [-0.3, -0.25) is 0 Å². The normalized spacial score (nSPS) is 16.7. The third kappa shape index (κ3) is 8.37. The number of likely N-dealkylation sites (tertiary alicyclic amines) is 1. The fraction of sp³-hybridized carbons (Fsp3) is 0.722. The second-order valence-corrected chi connectivity index (χ2v) is 6.43. The minimum Gasteiger partial charge on any atom is -0.467 e. The molecule has 1 aromatic heterocycles. The summed E-state index contributed by atoms with van der Waals surface area (Å²) in [4.78, 5) is 7.15. The number of rotatable bonds is 8. The summed E-state index contributed by atoms with van der Waals surface area (Å²) in [5.41, 5.74) is 0. The van der Waals surface area contributed by atoms with E-state index in [-0.39, 0.29) is 24.0 Å². The molecule has 0 atom stereocenters. The number of piperidine rings is 1. The van der Waals surface area contributed by atoms with Gasteiger partial charge in [0.05, 0.1) is 6.26 Å². The smallest absolute Gasteiger partial charge is 0.191 e. The monoisotopic (exact) mass is 448 g/mol. The predicted molar refractivity (Wildman–Crippen MR) is 111 cm³/mol. The maximum absolute atomic E-state index is 5.31. The Morgan fingerprint density at radius 3 is 2.75 bits per heavy atom. The highest BCUT2D eigenvalue weighted by molar-refractivity contribution is 14.0. The molecule has 2 heterocycles. The van der Waals surface area contributed by atoms with E-state index in [9.17, 15) is 0 Å². The van der Waals surface area contributed by atoms with Crippen molar-refractivity contribution in [3.05, 3.63) is 24.2 Å². The number of aliphatic imine (C=N–C) groups is 1. The lowest BCUT2D eigenvalue weighted by atomic mass is 9.99. The molecule has 2 N–H and O–H groups in total. The zero-order valence-corrected chi connectivity index (χ0v) is 17.4. The van der Waals surface area contributed by atoms with Gasteiger partial charge in [-0.1, -0.05) is 6.92 Å². The Hall–Kier alpha value is -0.760. The summed E-state index contributed by atoms with van der Waals surface area (Å²) in [5.74, 6) is 2.68. The van der Waals surface area contributed by atoms with E-state index in [1.807, 2.05) is 12.1 Å². The van der Waals surface area contributed by atoms with Gasteiger partial charge in [0, 0.05) is 13.1 Å². The summed E-state index contributed by atoms with van der Waals surface area (Å²) in [6.07, 6.45) is 6.84. The third-order valence-electron chi connectivity index (χ3n) is 4.39. The van der Waals surface area contributed by atoms with E-state index < -0.39 is 0 Å². The summed E-state index contributed by atoms with van der Waals surface area (Å²) >= 11 is 0. The van der Waals surface area contributed by atoms with Gasteiger partial charge in [0.15, 0.2) is 5.96 Å². The topological polar surface area (TPSA) is 52.8 Å². The van der Waals surface area contributed by atoms with Crippen LogP contribution in [0.2, 0.25) is 0 Å². The number of nitrogens with one attached hydrogen (secondary N) is 2. The Bertz CT molecular complexity index is 442. The molecule has 0 saturated carbocycles. The summed E-state index contributed by atoms with van der Waals surface area (Å²) in [6, 6.07) is 3.85. The van der Waals surface area contributed by atoms with Crippen LogP contribution < -0.4 is 10.6 Å². The lowest BCUT2D eigenvalue weighted by Crippen LogP contribution is -2.38. The molecule has 0 aromatic carbocycles. The van der Waals surface area contributed by atoms with Crippen LogP contribution in [0.3, 0.4) is 0 Å². The van der Waals surface area contributed by atoms with Crippen molar-refractivity contribution in [2.45, 2.75) is 46.1 Å². The van der Waals surface area contributed by atoms with Gasteiger partial charge in [-0.15, -0.1) is 24.0 Å². The van der Waals surface area contributed by atoms with Crippen LogP contribution in [0, 0.1) is 5.92 Å². The van der Waals surface area contributed by atoms with Gasteiger partial charge in [-0.25, -0.2) is 4.99 Å². The molecular weight excluding hydrogens is 415 g/mol. The molecule has 5 nitrogen and oxygen atoms in total. The van der Waals surface area contributed by atoms with Crippen LogP contribution >= 0.6 is 24.0 Å². The SMILES string of the molecule is CCNC(=NCc1ccco1)NCCCCN1CCC(C)CC1.I. The minimum atomic E-state index is 0. The molecule has 0 spiro atoms. The van der Waals surface area contributed by atoms with Crippen molar-refractivity contribution in [2.75, 3.05) is 32.7 Å². The molecule has 138 valence electrons. The third-order valence-corrected chi connectivity index (χ3v) is 4.39. The van der Waals surface area contributed by atoms with Crippen LogP contribution in [0.25, 0.3) is 0 Å². The molecule has 0 aliphatic carbocycles. The molecular formula is C18H33IN4O. The van der Waals surface area contributed by atoms with Gasteiger partial charge >= 0.3 is 0 Å². The number of furan rings is 1. The van der Waals surface area contributed by atoms with E-state index in [1.165, 1.54) is 45.3 Å². The molecule has 0 radical (unpaired) electrons. The zero-order valence-electron chi connectivity index (χ0n) is 15.1. The fourth-order valence-corrected chi connectivity index (χ4v) is 2.85. The molecule has 0 unspecified atom stereocenters. The van der Waals surface area contributed by atoms with E-state index >= 15 is 0 Å². The van der Waals surface area contributed by atoms with Crippen molar-refractivity contribution >= 4 is 29.9 Å². The maximum atomic E-state index is 5.31. The highest BCUT2D eigenvalue weighted by Crippen LogP contribution is 2.15. The van der Waals surface area contributed by atoms with Gasteiger partial charge in [-0.2, -0.15) is 0 Å². The van der Waals surface area contributed by atoms with E-state index in [4.69, 9.17) is 4.42 Å². The number of nitrogens with zero attached hydrogens (tertiary/aromatic N) is 2. The quantitative estimate of drug-likeness (QED) is 0.277. The summed E-state index contributed by atoms with van der Waals surface area (Å²) < 4.78 is 5.31. The number of guanidine groups is 1. The molecule has 1 aliphatic heterocycles. The average molecular weight is 448 g/mol. The zero-order chi connectivity index (χ0) is 16.3. The van der Waals surface area contributed by atoms with Crippen molar-refractivity contribution in [2.24, 2.45) is 10.9 Å². The first-order chi connectivity index (χ1) is 11.3. The largest absolute Gasteiger partial charge is 0.467 e. The maximum Gasteiger partial charge on any atom is 0.191 e. The van der Waals surface area contributed by atoms with Crippen molar-refractivity contribution in [3.63, 3.8) is 0 Å². The summed E-state index contributed by atoms with van der Waals surface area (Å²) in [7, 11) is 0. The Labute approximate surface area is 163 Å². The Balaban J connectivity index is 0.00000288. The highest BCUT2D eigenvalue weighted by Gasteiger charge is 2.14. The average Bonchev–Trinajstić information content (AvgIpc) is 3.07. The number of hydrogen-bond acceptors (Lipinski definition) is 3. The van der Waals surface area contributed by atoms with Gasteiger partial charge in [0.1, 0.15) is 12.3 Å². The number of hydrogen-bond donors (Lipinski definition) is 2. The first-order valence-corrected chi connectivity index (χ1v) is 9.05. The first kappa shape index (κ1) is 21.3. The van der Waals surface area contributed by atoms with Crippen LogP contribution in [-0.2, 0) is 6.54 Å². The molecule has 1 saturated heterocycles. The molecule has 24 heavy (non-hydrogen) atoms. The molecule has 1 aliphatic rings. The minimum absolute atomic E-state index is 0. The number of halogens is 1. The summed E-state index contributed by atoms with van der Waals surface area (Å²) in [6.45, 7) is 10.7. The molecule has 0 bridgehead atoms. The van der Waals surface area contributed by atoms with Gasteiger partial charge in [0.2, 0.25) is 0 Å². The van der Waals surface area contributed by atoms with E-state index in [0.717, 1.165) is 30.7 Å². The highest BCUT2D eigenvalue weighted by atomic mass is 127. The van der Waals surface area contributed by atoms with Crippen molar-refractivity contribution in [1.29, 1.82) is 0 Å². The van der Waals surface area contributed by atoms with Gasteiger partial charge < -0.3 is 20.0 Å². The van der Waals surface area contributed by atoms with E-state index in [1.54, 1.807) is 6.26 Å². The summed E-state index contributed by atoms with van der Waals surface area (Å²) in [5, 5.41) is 6.68. The van der Waals surface area contributed by atoms with Crippen molar-refractivity contribution in [1.82, 2.24) is 15.5 Å². The van der Waals surface area contributed by atoms with Gasteiger partial charge in [-0.05, 0) is 70.3 Å². The van der Waals surface area contributed by atoms with Crippen LogP contribution in [0.1, 0.15) is 45.3 Å². The molecule has 1 aromatic rings. The molecule has 0 amide bonds. The van der Waals surface area contributed by atoms with Gasteiger partial charge in [0.25, 0.3) is 0 Å². The van der Waals surface area contributed by atoms with E-state index in [2.05, 4.69) is 34.4 Å². The van der Waals surface area contributed by atoms with E-state index in [0.29, 0.717) is 6.54 Å². The van der Waals surface area contributed by atoms with Crippen LogP contribution in [0.15, 0.2) is 27.8 Å². The lowest BCUT2D eigenvalue weighted by molar-refractivity contribution is 0.189. The standard InChI is InChI=1S/C18H32N4O.HI/c1-3-19-18(21-15-17-7-6-14-23-17)20-10-4-5-11-22-12-8-16(2)9-13-22;/h6-7,14,16H,3-5,8-13,15H2,1-2H3,(H2,19,20,21);1H. The second kappa shape index (κ2) is 12.6. The van der Waals surface area contributed by atoms with Crippen molar-refractivity contribution in [3.8, 4) is 0 Å². The second-order valence-electron chi connectivity index (χ2n) is 6.43. The number of unbranched alkanes of at least 4 members (excludes halogenated alkanes) is 1. The lowest BCUT2D eigenvalue weighted by Gasteiger charge is -2.30.